The maximum Gasteiger partial charge on any atom is 0.261 e. The zero-order chi connectivity index (χ0) is 14.0. The Morgan fingerprint density at radius 2 is 2.21 bits per heavy atom. The van der Waals surface area contributed by atoms with Crippen molar-refractivity contribution in [1.82, 2.24) is 19.3 Å². The minimum atomic E-state index is -0.0384. The molecule has 1 unspecified atom stereocenters. The van der Waals surface area contributed by atoms with Crippen LogP contribution in [0.15, 0.2) is 23.1 Å². The van der Waals surface area contributed by atoms with Crippen LogP contribution in [0.4, 0.5) is 0 Å². The Bertz CT molecular complexity index is 682. The van der Waals surface area contributed by atoms with Gasteiger partial charge >= 0.3 is 0 Å². The van der Waals surface area contributed by atoms with Crippen molar-refractivity contribution in [1.29, 1.82) is 0 Å². The maximum absolute atomic E-state index is 12.3. The molecule has 0 aliphatic rings. The Balaban J connectivity index is 2.67. The molecule has 0 saturated carbocycles. The summed E-state index contributed by atoms with van der Waals surface area (Å²) in [4.78, 5) is 12.3. The van der Waals surface area contributed by atoms with Gasteiger partial charge in [0.2, 0.25) is 0 Å². The van der Waals surface area contributed by atoms with Crippen LogP contribution in [0.1, 0.15) is 33.2 Å². The summed E-state index contributed by atoms with van der Waals surface area (Å²) in [5, 5.41) is 7.01. The molecule has 2 aromatic heterocycles. The van der Waals surface area contributed by atoms with Crippen molar-refractivity contribution < 1.29 is 0 Å². The van der Waals surface area contributed by atoms with Crippen molar-refractivity contribution >= 4 is 12.2 Å². The third-order valence-corrected chi connectivity index (χ3v) is 3.63. The predicted molar refractivity (Wildman–Crippen MR) is 77.8 cm³/mol. The fraction of sp³-hybridized carbons (Fsp3) is 0.462. The highest BCUT2D eigenvalue weighted by Crippen LogP contribution is 2.20. The molecule has 0 amide bonds. The standard InChI is InChI=1S/C13H18N4OS/c1-4-9(3)17-11(14-15-13(17)19)10-7-6-8-16(5-2)12(10)18/h6-9H,4-5H2,1-3H3,(H,15,19). The van der Waals surface area contributed by atoms with Crippen molar-refractivity contribution in [3.8, 4) is 11.4 Å². The third kappa shape index (κ3) is 2.40. The van der Waals surface area contributed by atoms with Crippen molar-refractivity contribution in [2.75, 3.05) is 0 Å². The summed E-state index contributed by atoms with van der Waals surface area (Å²) < 4.78 is 4.12. The summed E-state index contributed by atoms with van der Waals surface area (Å²) >= 11 is 5.26. The molecule has 6 heteroatoms. The maximum atomic E-state index is 12.3. The lowest BCUT2D eigenvalue weighted by molar-refractivity contribution is 0.528. The monoisotopic (exact) mass is 278 g/mol. The molecule has 0 bridgehead atoms. The van der Waals surface area contributed by atoms with E-state index in [1.165, 1.54) is 0 Å². The van der Waals surface area contributed by atoms with Crippen LogP contribution in [0, 0.1) is 4.77 Å². The van der Waals surface area contributed by atoms with E-state index in [0.29, 0.717) is 22.7 Å². The van der Waals surface area contributed by atoms with Gasteiger partial charge in [-0.3, -0.25) is 14.5 Å². The van der Waals surface area contributed by atoms with Gasteiger partial charge in [-0.05, 0) is 44.6 Å². The topological polar surface area (TPSA) is 55.6 Å². The zero-order valence-corrected chi connectivity index (χ0v) is 12.2. The zero-order valence-electron chi connectivity index (χ0n) is 11.4. The highest BCUT2D eigenvalue weighted by atomic mass is 32.1. The summed E-state index contributed by atoms with van der Waals surface area (Å²) in [6, 6.07) is 3.85. The molecule has 0 aliphatic carbocycles. The van der Waals surface area contributed by atoms with Crippen LogP contribution >= 0.6 is 12.2 Å². The first-order valence-electron chi connectivity index (χ1n) is 6.46. The summed E-state index contributed by atoms with van der Waals surface area (Å²) in [7, 11) is 0. The summed E-state index contributed by atoms with van der Waals surface area (Å²) in [5.74, 6) is 0.618. The molecule has 19 heavy (non-hydrogen) atoms. The van der Waals surface area contributed by atoms with Crippen molar-refractivity contribution in [3.05, 3.63) is 33.5 Å². The van der Waals surface area contributed by atoms with E-state index in [2.05, 4.69) is 24.0 Å². The Morgan fingerprint density at radius 3 is 2.84 bits per heavy atom. The number of nitrogens with zero attached hydrogens (tertiary/aromatic N) is 3. The molecule has 2 heterocycles. The fourth-order valence-electron chi connectivity index (χ4n) is 2.04. The van der Waals surface area contributed by atoms with Gasteiger partial charge in [-0.1, -0.05) is 6.92 Å². The lowest BCUT2D eigenvalue weighted by Crippen LogP contribution is -2.21. The Labute approximate surface area is 116 Å². The number of rotatable bonds is 4. The van der Waals surface area contributed by atoms with Gasteiger partial charge in [0, 0.05) is 18.8 Å². The molecule has 0 saturated heterocycles. The van der Waals surface area contributed by atoms with E-state index < -0.39 is 0 Å². The molecule has 0 spiro atoms. The molecule has 1 N–H and O–H groups in total. The minimum Gasteiger partial charge on any atom is -0.315 e. The second kappa shape index (κ2) is 5.52. The second-order valence-electron chi connectivity index (χ2n) is 4.49. The molecule has 0 fully saturated rings. The van der Waals surface area contributed by atoms with Crippen LogP contribution in [0.25, 0.3) is 11.4 Å². The Morgan fingerprint density at radius 1 is 1.47 bits per heavy atom. The number of pyridine rings is 1. The smallest absolute Gasteiger partial charge is 0.261 e. The fourth-order valence-corrected chi connectivity index (χ4v) is 2.35. The van der Waals surface area contributed by atoms with Crippen LogP contribution in [-0.2, 0) is 6.54 Å². The number of aryl methyl sites for hydroxylation is 1. The Hall–Kier alpha value is -1.69. The normalized spacial score (nSPS) is 12.6. The number of nitrogens with one attached hydrogen (secondary N) is 1. The number of aromatic nitrogens is 4. The summed E-state index contributed by atoms with van der Waals surface area (Å²) in [6.45, 7) is 6.73. The molecular formula is C13H18N4OS. The average molecular weight is 278 g/mol. The summed E-state index contributed by atoms with van der Waals surface area (Å²) in [5.41, 5.74) is 0.542. The Kier molecular flexibility index (Phi) is 3.99. The number of aromatic amines is 1. The van der Waals surface area contributed by atoms with Gasteiger partial charge in [-0.25, -0.2) is 0 Å². The largest absolute Gasteiger partial charge is 0.315 e. The molecule has 0 aliphatic heterocycles. The lowest BCUT2D eigenvalue weighted by atomic mass is 10.2. The second-order valence-corrected chi connectivity index (χ2v) is 4.88. The highest BCUT2D eigenvalue weighted by Gasteiger charge is 2.16. The van der Waals surface area contributed by atoms with E-state index in [1.54, 1.807) is 16.8 Å². The third-order valence-electron chi connectivity index (χ3n) is 3.34. The number of hydrogen-bond acceptors (Lipinski definition) is 3. The van der Waals surface area contributed by atoms with E-state index in [-0.39, 0.29) is 11.6 Å². The molecule has 0 radical (unpaired) electrons. The quantitative estimate of drug-likeness (QED) is 0.875. The van der Waals surface area contributed by atoms with Gasteiger partial charge < -0.3 is 4.57 Å². The molecule has 5 nitrogen and oxygen atoms in total. The molecule has 2 aromatic rings. The van der Waals surface area contributed by atoms with Gasteiger partial charge in [0.25, 0.3) is 5.56 Å². The lowest BCUT2D eigenvalue weighted by Gasteiger charge is -2.13. The van der Waals surface area contributed by atoms with Crippen LogP contribution in [0.2, 0.25) is 0 Å². The SMILES string of the molecule is CCC(C)n1c(-c2cccn(CC)c2=O)n[nH]c1=S. The van der Waals surface area contributed by atoms with Gasteiger partial charge in [0.1, 0.15) is 0 Å². The first kappa shape index (κ1) is 13.7. The number of H-pyrrole nitrogens is 1. The highest BCUT2D eigenvalue weighted by molar-refractivity contribution is 7.71. The molecule has 2 rings (SSSR count). The van der Waals surface area contributed by atoms with Gasteiger partial charge in [-0.2, -0.15) is 5.10 Å². The minimum absolute atomic E-state index is 0.0384. The van der Waals surface area contributed by atoms with Crippen LogP contribution in [0.5, 0.6) is 0 Å². The van der Waals surface area contributed by atoms with Crippen molar-refractivity contribution in [2.24, 2.45) is 0 Å². The van der Waals surface area contributed by atoms with E-state index in [9.17, 15) is 4.79 Å². The predicted octanol–water partition coefficient (Wildman–Crippen LogP) is 2.76. The first-order valence-corrected chi connectivity index (χ1v) is 6.87. The molecule has 1 atom stereocenters. The van der Waals surface area contributed by atoms with Crippen LogP contribution in [0.3, 0.4) is 0 Å². The van der Waals surface area contributed by atoms with E-state index in [1.807, 2.05) is 17.6 Å². The average Bonchev–Trinajstić information content (AvgIpc) is 2.80. The van der Waals surface area contributed by atoms with Crippen LogP contribution < -0.4 is 5.56 Å². The first-order chi connectivity index (χ1) is 9.10. The molecule has 102 valence electrons. The van der Waals surface area contributed by atoms with E-state index >= 15 is 0 Å². The van der Waals surface area contributed by atoms with Gasteiger partial charge in [-0.15, -0.1) is 0 Å². The van der Waals surface area contributed by atoms with Crippen LogP contribution in [-0.4, -0.2) is 19.3 Å². The number of hydrogen-bond donors (Lipinski definition) is 1. The van der Waals surface area contributed by atoms with E-state index in [4.69, 9.17) is 12.2 Å². The summed E-state index contributed by atoms with van der Waals surface area (Å²) in [6.07, 6.45) is 2.70. The molecular weight excluding hydrogens is 260 g/mol. The van der Waals surface area contributed by atoms with Crippen molar-refractivity contribution in [2.45, 2.75) is 39.8 Å². The molecule has 0 aromatic carbocycles. The van der Waals surface area contributed by atoms with Gasteiger partial charge in [0.05, 0.1) is 5.56 Å². The van der Waals surface area contributed by atoms with E-state index in [0.717, 1.165) is 6.42 Å². The van der Waals surface area contributed by atoms with Crippen molar-refractivity contribution in [3.63, 3.8) is 0 Å². The van der Waals surface area contributed by atoms with Gasteiger partial charge in [0.15, 0.2) is 10.6 Å².